The van der Waals surface area contributed by atoms with Crippen LogP contribution in [0.5, 0.6) is 0 Å². The molecule has 1 aromatic rings. The Balaban J connectivity index is 3.36. The van der Waals surface area contributed by atoms with Gasteiger partial charge in [0.15, 0.2) is 0 Å². The lowest BCUT2D eigenvalue weighted by atomic mass is 10.1. The Morgan fingerprint density at radius 3 is 2.57 bits per heavy atom. The first-order valence-corrected chi connectivity index (χ1v) is 3.71. The van der Waals surface area contributed by atoms with Crippen molar-refractivity contribution in [2.45, 2.75) is 6.92 Å². The first kappa shape index (κ1) is 10.3. The Bertz CT molecular complexity index is 384. The zero-order valence-corrected chi connectivity index (χ0v) is 7.35. The Labute approximate surface area is 80.1 Å². The highest BCUT2D eigenvalue weighted by Crippen LogP contribution is 2.25. The summed E-state index contributed by atoms with van der Waals surface area (Å²) in [6.07, 6.45) is 0. The fraction of sp³-hybridized carbons (Fsp3) is 0.125. The number of benzene rings is 1. The quantitative estimate of drug-likeness (QED) is 0.614. The Morgan fingerprint density at radius 2 is 2.14 bits per heavy atom. The van der Waals surface area contributed by atoms with Gasteiger partial charge in [0, 0.05) is 5.69 Å². The molecule has 0 saturated carbocycles. The van der Waals surface area contributed by atoms with Crippen molar-refractivity contribution in [1.82, 2.24) is 0 Å². The third-order valence-corrected chi connectivity index (χ3v) is 1.83. The van der Waals surface area contributed by atoms with Gasteiger partial charge in [-0.25, -0.2) is 0 Å². The van der Waals surface area contributed by atoms with Crippen molar-refractivity contribution in [2.24, 2.45) is 0 Å². The molecule has 0 spiro atoms. The Hall–Kier alpha value is -1.81. The minimum atomic E-state index is -0.128. The van der Waals surface area contributed by atoms with E-state index in [-0.39, 0.29) is 22.2 Å². The van der Waals surface area contributed by atoms with Gasteiger partial charge in [-0.05, 0) is 24.6 Å². The number of hydrogen-bond donors (Lipinski definition) is 3. The zero-order chi connectivity index (χ0) is 10.7. The van der Waals surface area contributed by atoms with Crippen molar-refractivity contribution in [3.05, 3.63) is 28.5 Å². The molecule has 0 bridgehead atoms. The zero-order valence-electron chi connectivity index (χ0n) is 7.35. The van der Waals surface area contributed by atoms with E-state index in [0.717, 1.165) is 0 Å². The van der Waals surface area contributed by atoms with Crippen LogP contribution in [0.4, 0.5) is 11.4 Å². The molecule has 0 saturated heterocycles. The molecule has 0 aliphatic carbocycles. The summed E-state index contributed by atoms with van der Waals surface area (Å²) < 4.78 is 0. The lowest BCUT2D eigenvalue weighted by molar-refractivity contribution is 0.0288. The highest BCUT2D eigenvalue weighted by Gasteiger charge is 2.09. The fourth-order valence-corrected chi connectivity index (χ4v) is 1.08. The van der Waals surface area contributed by atoms with Crippen LogP contribution in [0.25, 0.3) is 0 Å². The SMILES string of the molecule is Cc1c(C#N)cc(N[O-])cc1N(O)O. The average Bonchev–Trinajstić information content (AvgIpc) is 2.17. The number of nitrogens with zero attached hydrogens (tertiary/aromatic N) is 2. The summed E-state index contributed by atoms with van der Waals surface area (Å²) in [5.41, 5.74) is 2.24. The van der Waals surface area contributed by atoms with Gasteiger partial charge in [0.25, 0.3) is 0 Å². The van der Waals surface area contributed by atoms with E-state index in [9.17, 15) is 5.21 Å². The maximum Gasteiger partial charge on any atom is 0.100 e. The molecule has 0 radical (unpaired) electrons. The normalized spacial score (nSPS) is 9.36. The molecule has 0 heterocycles. The van der Waals surface area contributed by atoms with E-state index in [2.05, 4.69) is 0 Å². The van der Waals surface area contributed by atoms with Crippen molar-refractivity contribution < 1.29 is 10.4 Å². The van der Waals surface area contributed by atoms with Gasteiger partial charge in [0.05, 0.1) is 11.6 Å². The molecule has 0 atom stereocenters. The molecule has 6 nitrogen and oxygen atoms in total. The lowest BCUT2D eigenvalue weighted by Gasteiger charge is -2.16. The molecule has 74 valence electrons. The minimum absolute atomic E-state index is 0.0117. The molecule has 0 amide bonds. The van der Waals surface area contributed by atoms with E-state index in [1.54, 1.807) is 12.4 Å². The Kier molecular flexibility index (Phi) is 2.89. The highest BCUT2D eigenvalue weighted by atomic mass is 16.8. The van der Waals surface area contributed by atoms with Crippen LogP contribution >= 0.6 is 0 Å². The number of nitriles is 1. The van der Waals surface area contributed by atoms with Crippen molar-refractivity contribution in [1.29, 1.82) is 5.26 Å². The summed E-state index contributed by atoms with van der Waals surface area (Å²) in [6.45, 7) is 1.54. The van der Waals surface area contributed by atoms with Gasteiger partial charge in [0.1, 0.15) is 5.69 Å². The minimum Gasteiger partial charge on any atom is -0.761 e. The molecular formula is C8H8N3O3-. The second kappa shape index (κ2) is 3.93. The second-order valence-corrected chi connectivity index (χ2v) is 2.67. The monoisotopic (exact) mass is 194 g/mol. The smallest absolute Gasteiger partial charge is 0.100 e. The van der Waals surface area contributed by atoms with Gasteiger partial charge in [-0.2, -0.15) is 5.26 Å². The van der Waals surface area contributed by atoms with Crippen molar-refractivity contribution in [3.63, 3.8) is 0 Å². The van der Waals surface area contributed by atoms with Crippen LogP contribution in [0.1, 0.15) is 11.1 Å². The van der Waals surface area contributed by atoms with E-state index in [0.29, 0.717) is 5.56 Å². The van der Waals surface area contributed by atoms with Gasteiger partial charge >= 0.3 is 0 Å². The van der Waals surface area contributed by atoms with Gasteiger partial charge in [-0.15, -0.1) is 5.23 Å². The standard InChI is InChI=1S/C8H8N3O3/c1-5-6(4-9)2-7(10-12)3-8(5)11(13)14/h2-3,10,13-14H,1H3/q-1. The molecule has 0 fully saturated rings. The van der Waals surface area contributed by atoms with Crippen LogP contribution in [0.2, 0.25) is 0 Å². The third kappa shape index (κ3) is 1.75. The largest absolute Gasteiger partial charge is 0.761 e. The molecule has 1 aromatic carbocycles. The summed E-state index contributed by atoms with van der Waals surface area (Å²) >= 11 is 0. The van der Waals surface area contributed by atoms with Gasteiger partial charge in [-0.1, -0.05) is 0 Å². The maximum absolute atomic E-state index is 10.3. The molecule has 1 rings (SSSR count). The second-order valence-electron chi connectivity index (χ2n) is 2.67. The van der Waals surface area contributed by atoms with Gasteiger partial charge in [-0.3, -0.25) is 10.4 Å². The summed E-state index contributed by atoms with van der Waals surface area (Å²) in [5, 5.41) is 36.5. The summed E-state index contributed by atoms with van der Waals surface area (Å²) in [5.74, 6) is 0. The van der Waals surface area contributed by atoms with Crippen LogP contribution in [0.3, 0.4) is 0 Å². The number of anilines is 2. The van der Waals surface area contributed by atoms with Crippen LogP contribution in [-0.4, -0.2) is 10.4 Å². The van der Waals surface area contributed by atoms with E-state index >= 15 is 0 Å². The van der Waals surface area contributed by atoms with Crippen molar-refractivity contribution in [2.75, 3.05) is 10.7 Å². The molecule has 0 aliphatic heterocycles. The van der Waals surface area contributed by atoms with E-state index in [4.69, 9.17) is 15.7 Å². The van der Waals surface area contributed by atoms with Crippen molar-refractivity contribution in [3.8, 4) is 6.07 Å². The van der Waals surface area contributed by atoms with Crippen LogP contribution in [-0.2, 0) is 0 Å². The van der Waals surface area contributed by atoms with E-state index < -0.39 is 0 Å². The van der Waals surface area contributed by atoms with Gasteiger partial charge < -0.3 is 10.7 Å². The van der Waals surface area contributed by atoms with Gasteiger partial charge in [0.2, 0.25) is 0 Å². The van der Waals surface area contributed by atoms with Crippen LogP contribution < -0.4 is 10.7 Å². The predicted molar refractivity (Wildman–Crippen MR) is 48.9 cm³/mol. The summed E-state index contributed by atoms with van der Waals surface area (Å²) in [4.78, 5) is 0. The lowest BCUT2D eigenvalue weighted by Crippen LogP contribution is -2.13. The third-order valence-electron chi connectivity index (χ3n) is 1.83. The van der Waals surface area contributed by atoms with E-state index in [1.807, 2.05) is 6.07 Å². The molecule has 6 heteroatoms. The average molecular weight is 194 g/mol. The predicted octanol–water partition coefficient (Wildman–Crippen LogP) is 1.36. The first-order valence-electron chi connectivity index (χ1n) is 3.71. The molecule has 0 aliphatic rings. The topological polar surface area (TPSA) is 103 Å². The Morgan fingerprint density at radius 1 is 1.50 bits per heavy atom. The van der Waals surface area contributed by atoms with Crippen LogP contribution in [0.15, 0.2) is 12.1 Å². The number of nitrogens with one attached hydrogen (secondary N) is 1. The summed E-state index contributed by atoms with van der Waals surface area (Å²) in [7, 11) is 0. The highest BCUT2D eigenvalue weighted by molar-refractivity contribution is 5.66. The first-order chi connectivity index (χ1) is 6.60. The molecule has 0 aromatic heterocycles. The van der Waals surface area contributed by atoms with Crippen molar-refractivity contribution >= 4 is 11.4 Å². The fourth-order valence-electron chi connectivity index (χ4n) is 1.08. The molecule has 3 N–H and O–H groups in total. The number of hydrogen-bond acceptors (Lipinski definition) is 6. The molecule has 14 heavy (non-hydrogen) atoms. The van der Waals surface area contributed by atoms with E-state index in [1.165, 1.54) is 12.1 Å². The summed E-state index contributed by atoms with van der Waals surface area (Å²) in [6, 6.07) is 4.39. The maximum atomic E-state index is 10.3. The molecular weight excluding hydrogens is 186 g/mol. The number of rotatable bonds is 2. The molecule has 0 unspecified atom stereocenters. The van der Waals surface area contributed by atoms with Crippen LogP contribution in [0, 0.1) is 23.5 Å².